The maximum Gasteiger partial charge on any atom is 0.273 e. The summed E-state index contributed by atoms with van der Waals surface area (Å²) in [4.78, 5) is 24.5. The summed E-state index contributed by atoms with van der Waals surface area (Å²) in [5.74, 6) is -0.188. The molecule has 0 heterocycles. The van der Waals surface area contributed by atoms with E-state index in [1.807, 2.05) is 32.0 Å². The summed E-state index contributed by atoms with van der Waals surface area (Å²) in [5, 5.41) is 14.1. The van der Waals surface area contributed by atoms with E-state index in [9.17, 15) is 14.9 Å². The van der Waals surface area contributed by atoms with Crippen LogP contribution in [-0.2, 0) is 4.79 Å². The quantitative estimate of drug-likeness (QED) is 0.638. The molecule has 0 aromatic heterocycles. The van der Waals surface area contributed by atoms with Crippen LogP contribution in [0.15, 0.2) is 30.3 Å². The van der Waals surface area contributed by atoms with Gasteiger partial charge in [-0.05, 0) is 38.0 Å². The smallest absolute Gasteiger partial charge is 0.273 e. The van der Waals surface area contributed by atoms with Crippen molar-refractivity contribution < 1.29 is 9.72 Å². The van der Waals surface area contributed by atoms with E-state index in [0.29, 0.717) is 11.3 Å². The van der Waals surface area contributed by atoms with Gasteiger partial charge in [-0.25, -0.2) is 0 Å². The molecule has 0 saturated carbocycles. The Kier molecular flexibility index (Phi) is 5.64. The molecule has 0 saturated heterocycles. The predicted octanol–water partition coefficient (Wildman–Crippen LogP) is 4.25. The van der Waals surface area contributed by atoms with E-state index in [1.54, 1.807) is 24.9 Å². The molecule has 0 aliphatic heterocycles. The molecule has 0 fully saturated rings. The highest BCUT2D eigenvalue weighted by Gasteiger charge is 2.18. The van der Waals surface area contributed by atoms with Crippen molar-refractivity contribution >= 4 is 34.6 Å². The lowest BCUT2D eigenvalue weighted by Crippen LogP contribution is -2.30. The first kappa shape index (κ1) is 18.7. The van der Waals surface area contributed by atoms with E-state index in [0.717, 1.165) is 16.8 Å². The third-order valence-corrected chi connectivity index (χ3v) is 4.30. The summed E-state index contributed by atoms with van der Waals surface area (Å²) in [6.07, 6.45) is 0. The molecule has 25 heavy (non-hydrogen) atoms. The van der Waals surface area contributed by atoms with Crippen LogP contribution in [0.25, 0.3) is 0 Å². The highest BCUT2D eigenvalue weighted by atomic mass is 35.5. The van der Waals surface area contributed by atoms with Crippen LogP contribution in [0.4, 0.5) is 17.1 Å². The zero-order valence-corrected chi connectivity index (χ0v) is 15.3. The van der Waals surface area contributed by atoms with Crippen molar-refractivity contribution in [2.24, 2.45) is 0 Å². The average molecular weight is 362 g/mol. The topological polar surface area (TPSA) is 75.5 Å². The zero-order chi connectivity index (χ0) is 18.7. The van der Waals surface area contributed by atoms with E-state index >= 15 is 0 Å². The molecule has 2 aromatic rings. The number of hydrogen-bond donors (Lipinski definition) is 1. The molecule has 2 aromatic carbocycles. The third kappa shape index (κ3) is 4.28. The van der Waals surface area contributed by atoms with Gasteiger partial charge in [0.2, 0.25) is 5.91 Å². The van der Waals surface area contributed by atoms with Gasteiger partial charge in [-0.1, -0.05) is 29.8 Å². The lowest BCUT2D eigenvalue weighted by atomic mass is 10.1. The molecule has 0 unspecified atom stereocenters. The summed E-state index contributed by atoms with van der Waals surface area (Å²) >= 11 is 6.16. The van der Waals surface area contributed by atoms with Gasteiger partial charge in [0, 0.05) is 24.4 Å². The second-order valence-electron chi connectivity index (χ2n) is 6.02. The highest BCUT2D eigenvalue weighted by molar-refractivity contribution is 6.33. The molecule has 0 radical (unpaired) electrons. The number of nitro benzene ring substituents is 1. The van der Waals surface area contributed by atoms with Crippen LogP contribution in [0, 0.1) is 30.9 Å². The Hall–Kier alpha value is -2.60. The van der Waals surface area contributed by atoms with E-state index < -0.39 is 4.92 Å². The van der Waals surface area contributed by atoms with Gasteiger partial charge >= 0.3 is 0 Å². The largest absolute Gasteiger partial charge is 0.364 e. The number of nitro groups is 1. The summed E-state index contributed by atoms with van der Waals surface area (Å²) in [7, 11) is 1.72. The number of hydrogen-bond acceptors (Lipinski definition) is 4. The van der Waals surface area contributed by atoms with Crippen LogP contribution in [0.1, 0.15) is 16.7 Å². The first-order chi connectivity index (χ1) is 11.7. The maximum absolute atomic E-state index is 12.4. The van der Waals surface area contributed by atoms with Gasteiger partial charge in [-0.15, -0.1) is 0 Å². The number of halogens is 1. The molecule has 6 nitrogen and oxygen atoms in total. The number of amides is 1. The average Bonchev–Trinajstić information content (AvgIpc) is 2.52. The number of benzene rings is 2. The van der Waals surface area contributed by atoms with Crippen LogP contribution in [0.5, 0.6) is 0 Å². The molecular weight excluding hydrogens is 342 g/mol. The van der Waals surface area contributed by atoms with Crippen molar-refractivity contribution in [1.82, 2.24) is 0 Å². The minimum Gasteiger partial charge on any atom is -0.364 e. The Morgan fingerprint density at radius 3 is 2.36 bits per heavy atom. The van der Waals surface area contributed by atoms with E-state index in [4.69, 9.17) is 11.6 Å². The SMILES string of the molecule is Cc1cc(N(C)CC(=O)Nc2c(C)cccc2C)c(Cl)cc1[N+](=O)[O-]. The Labute approximate surface area is 151 Å². The van der Waals surface area contributed by atoms with Crippen molar-refractivity contribution in [2.75, 3.05) is 23.8 Å². The number of likely N-dealkylation sites (N-methyl/N-ethyl adjacent to an activating group) is 1. The number of anilines is 2. The van der Waals surface area contributed by atoms with E-state index in [1.165, 1.54) is 6.07 Å². The number of nitrogens with one attached hydrogen (secondary N) is 1. The van der Waals surface area contributed by atoms with Gasteiger partial charge in [0.05, 0.1) is 22.2 Å². The number of carbonyl (C=O) groups is 1. The normalized spacial score (nSPS) is 10.4. The first-order valence-electron chi connectivity index (χ1n) is 7.72. The number of nitrogens with zero attached hydrogens (tertiary/aromatic N) is 2. The van der Waals surface area contributed by atoms with Crippen LogP contribution in [0.2, 0.25) is 5.02 Å². The van der Waals surface area contributed by atoms with Crippen LogP contribution < -0.4 is 10.2 Å². The molecule has 0 bridgehead atoms. The summed E-state index contributed by atoms with van der Waals surface area (Å²) in [6.45, 7) is 5.58. The lowest BCUT2D eigenvalue weighted by molar-refractivity contribution is -0.385. The second-order valence-corrected chi connectivity index (χ2v) is 6.43. The highest BCUT2D eigenvalue weighted by Crippen LogP contribution is 2.32. The van der Waals surface area contributed by atoms with E-state index in [-0.39, 0.29) is 23.2 Å². The molecule has 0 atom stereocenters. The monoisotopic (exact) mass is 361 g/mol. The summed E-state index contributed by atoms with van der Waals surface area (Å²) in [5.41, 5.74) is 3.79. The molecule has 0 aliphatic rings. The van der Waals surface area contributed by atoms with Crippen molar-refractivity contribution in [3.05, 3.63) is 62.2 Å². The standard InChI is InChI=1S/C18H20ClN3O3/c1-11-6-5-7-12(2)18(11)20-17(23)10-21(4)16-8-13(3)15(22(24)25)9-14(16)19/h5-9H,10H2,1-4H3,(H,20,23). The summed E-state index contributed by atoms with van der Waals surface area (Å²) < 4.78 is 0. The van der Waals surface area contributed by atoms with Gasteiger partial charge in [-0.3, -0.25) is 14.9 Å². The van der Waals surface area contributed by atoms with Gasteiger partial charge in [-0.2, -0.15) is 0 Å². The zero-order valence-electron chi connectivity index (χ0n) is 14.6. The van der Waals surface area contributed by atoms with Gasteiger partial charge in [0.15, 0.2) is 0 Å². The Balaban J connectivity index is 2.17. The van der Waals surface area contributed by atoms with Crippen LogP contribution in [0.3, 0.4) is 0 Å². The maximum atomic E-state index is 12.4. The van der Waals surface area contributed by atoms with Gasteiger partial charge in [0.25, 0.3) is 5.69 Å². The lowest BCUT2D eigenvalue weighted by Gasteiger charge is -2.21. The number of carbonyl (C=O) groups excluding carboxylic acids is 1. The van der Waals surface area contributed by atoms with Crippen molar-refractivity contribution in [3.63, 3.8) is 0 Å². The number of para-hydroxylation sites is 1. The van der Waals surface area contributed by atoms with Gasteiger partial charge in [0.1, 0.15) is 0 Å². The van der Waals surface area contributed by atoms with Crippen molar-refractivity contribution in [3.8, 4) is 0 Å². The third-order valence-electron chi connectivity index (χ3n) is 4.00. The van der Waals surface area contributed by atoms with Crippen LogP contribution in [-0.4, -0.2) is 24.4 Å². The first-order valence-corrected chi connectivity index (χ1v) is 8.10. The van der Waals surface area contributed by atoms with Crippen molar-refractivity contribution in [1.29, 1.82) is 0 Å². The molecule has 2 rings (SSSR count). The fourth-order valence-electron chi connectivity index (χ4n) is 2.64. The van der Waals surface area contributed by atoms with E-state index in [2.05, 4.69) is 5.32 Å². The van der Waals surface area contributed by atoms with Crippen molar-refractivity contribution in [2.45, 2.75) is 20.8 Å². The fraction of sp³-hybridized carbons (Fsp3) is 0.278. The molecule has 7 heteroatoms. The number of rotatable bonds is 5. The Morgan fingerprint density at radius 2 is 1.80 bits per heavy atom. The molecule has 132 valence electrons. The molecule has 1 amide bonds. The molecular formula is C18H20ClN3O3. The van der Waals surface area contributed by atoms with Gasteiger partial charge < -0.3 is 10.2 Å². The molecule has 0 spiro atoms. The molecule has 1 N–H and O–H groups in total. The van der Waals surface area contributed by atoms with Crippen LogP contribution >= 0.6 is 11.6 Å². The fourth-order valence-corrected chi connectivity index (χ4v) is 2.94. The predicted molar refractivity (Wildman–Crippen MR) is 101 cm³/mol. The molecule has 0 aliphatic carbocycles. The Bertz CT molecular complexity index is 816. The minimum atomic E-state index is -0.474. The summed E-state index contributed by atoms with van der Waals surface area (Å²) in [6, 6.07) is 8.73. The number of aryl methyl sites for hydroxylation is 3. The minimum absolute atomic E-state index is 0.0397. The Morgan fingerprint density at radius 1 is 1.20 bits per heavy atom. The second kappa shape index (κ2) is 7.53.